The number of hydrogen-bond donors (Lipinski definition) is 2. The van der Waals surface area contributed by atoms with E-state index in [1.54, 1.807) is 49.5 Å². The van der Waals surface area contributed by atoms with Gasteiger partial charge in [0.1, 0.15) is 0 Å². The fraction of sp³-hybridized carbons (Fsp3) is 0.100. The van der Waals surface area contributed by atoms with E-state index in [0.29, 0.717) is 0 Å². The second-order valence-electron chi connectivity index (χ2n) is 5.68. The van der Waals surface area contributed by atoms with Gasteiger partial charge in [0.15, 0.2) is 11.6 Å². The fourth-order valence-corrected chi connectivity index (χ4v) is 4.37. The first-order valence-electron chi connectivity index (χ1n) is 8.03. The van der Waals surface area contributed by atoms with Gasteiger partial charge in [-0.1, -0.05) is 47.8 Å². The van der Waals surface area contributed by atoms with E-state index in [0.717, 1.165) is 21.4 Å². The zero-order valence-electron chi connectivity index (χ0n) is 14.7. The molecule has 27 heavy (non-hydrogen) atoms. The predicted octanol–water partition coefficient (Wildman–Crippen LogP) is 5.27. The molecule has 2 N–H and O–H groups in total. The number of rotatable bonds is 2. The summed E-state index contributed by atoms with van der Waals surface area (Å²) < 4.78 is 0. The standard InChI is InChI=1S/2C10H9NOS.Ni/c2*1-7(12)6-10-11-8-4-2-3-5-9(8)13-10;/h2*2-6,11H,1H3;. The Morgan fingerprint density at radius 3 is 1.44 bits per heavy atom. The van der Waals surface area contributed by atoms with Gasteiger partial charge < -0.3 is 10.6 Å². The second-order valence-corrected chi connectivity index (χ2v) is 7.85. The minimum atomic E-state index is 0. The Balaban J connectivity index is 0.000000187. The van der Waals surface area contributed by atoms with Gasteiger partial charge in [0.25, 0.3) is 0 Å². The van der Waals surface area contributed by atoms with Gasteiger partial charge in [-0.15, -0.1) is 0 Å². The van der Waals surface area contributed by atoms with E-state index >= 15 is 0 Å². The van der Waals surface area contributed by atoms with Gasteiger partial charge in [0, 0.05) is 38.4 Å². The first kappa shape index (κ1) is 21.4. The Labute approximate surface area is 177 Å². The van der Waals surface area contributed by atoms with Gasteiger partial charge in [-0.2, -0.15) is 0 Å². The normalized spacial score (nSPS) is 16.2. The monoisotopic (exact) mass is 440 g/mol. The molecule has 7 heteroatoms. The van der Waals surface area contributed by atoms with E-state index in [4.69, 9.17) is 0 Å². The average molecular weight is 441 g/mol. The van der Waals surface area contributed by atoms with E-state index in [-0.39, 0.29) is 28.1 Å². The molecule has 0 aliphatic carbocycles. The van der Waals surface area contributed by atoms with Crippen molar-refractivity contribution in [2.24, 2.45) is 0 Å². The molecule has 0 saturated heterocycles. The van der Waals surface area contributed by atoms with Crippen LogP contribution in [-0.2, 0) is 26.1 Å². The molecule has 4 rings (SSSR count). The SMILES string of the molecule is CC(=O)C=C1Nc2ccccc2S1.CC(=O)C=C1Nc2ccccc2S1.[Ni]. The third-order valence-electron chi connectivity index (χ3n) is 3.40. The summed E-state index contributed by atoms with van der Waals surface area (Å²) in [7, 11) is 0. The molecule has 2 aromatic carbocycles. The molecule has 0 amide bonds. The van der Waals surface area contributed by atoms with Crippen LogP contribution in [0.5, 0.6) is 0 Å². The molecule has 0 bridgehead atoms. The van der Waals surface area contributed by atoms with E-state index < -0.39 is 0 Å². The van der Waals surface area contributed by atoms with Gasteiger partial charge in [0.05, 0.1) is 21.4 Å². The van der Waals surface area contributed by atoms with Gasteiger partial charge in [-0.25, -0.2) is 0 Å². The molecular weight excluding hydrogens is 423 g/mol. The van der Waals surface area contributed by atoms with Crippen molar-refractivity contribution in [2.75, 3.05) is 10.6 Å². The quantitative estimate of drug-likeness (QED) is 0.490. The summed E-state index contributed by atoms with van der Waals surface area (Å²) in [6, 6.07) is 16.0. The molecule has 142 valence electrons. The summed E-state index contributed by atoms with van der Waals surface area (Å²) in [6.45, 7) is 3.11. The first-order valence-corrected chi connectivity index (χ1v) is 9.67. The number of fused-ring (bicyclic) bond motifs is 2. The van der Waals surface area contributed by atoms with E-state index in [9.17, 15) is 9.59 Å². The average Bonchev–Trinajstić information content (AvgIpc) is 3.16. The van der Waals surface area contributed by atoms with Crippen LogP contribution in [0.4, 0.5) is 11.4 Å². The molecule has 2 aliphatic rings. The minimum Gasteiger partial charge on any atom is -0.349 e. The zero-order valence-corrected chi connectivity index (χ0v) is 17.3. The smallest absolute Gasteiger partial charge is 0.155 e. The minimum absolute atomic E-state index is 0. The van der Waals surface area contributed by atoms with Crippen molar-refractivity contribution in [3.8, 4) is 0 Å². The number of thioether (sulfide) groups is 2. The van der Waals surface area contributed by atoms with Crippen LogP contribution in [0.3, 0.4) is 0 Å². The molecule has 0 radical (unpaired) electrons. The van der Waals surface area contributed by atoms with Crippen molar-refractivity contribution >= 4 is 46.5 Å². The van der Waals surface area contributed by atoms with Crippen LogP contribution in [0, 0.1) is 0 Å². The number of carbonyl (C=O) groups excluding carboxylic acids is 2. The molecule has 4 nitrogen and oxygen atoms in total. The predicted molar refractivity (Wildman–Crippen MR) is 109 cm³/mol. The zero-order chi connectivity index (χ0) is 18.5. The summed E-state index contributed by atoms with van der Waals surface area (Å²) in [5.41, 5.74) is 2.17. The number of nitrogens with one attached hydrogen (secondary N) is 2. The third kappa shape index (κ3) is 6.03. The van der Waals surface area contributed by atoms with Crippen molar-refractivity contribution in [1.29, 1.82) is 0 Å². The summed E-state index contributed by atoms with van der Waals surface area (Å²) in [4.78, 5) is 24.0. The maximum absolute atomic E-state index is 10.8. The third-order valence-corrected chi connectivity index (χ3v) is 5.43. The summed E-state index contributed by atoms with van der Waals surface area (Å²) in [5.74, 6) is 0.144. The summed E-state index contributed by atoms with van der Waals surface area (Å²) in [5, 5.41) is 8.16. The molecule has 0 aromatic heterocycles. The maximum atomic E-state index is 10.8. The molecule has 0 fully saturated rings. The van der Waals surface area contributed by atoms with Crippen LogP contribution in [-0.4, -0.2) is 11.6 Å². The molecule has 2 aromatic rings. The van der Waals surface area contributed by atoms with Gasteiger partial charge >= 0.3 is 0 Å². The van der Waals surface area contributed by atoms with E-state index in [1.165, 1.54) is 9.79 Å². The van der Waals surface area contributed by atoms with Crippen molar-refractivity contribution in [3.63, 3.8) is 0 Å². The number of allylic oxidation sites excluding steroid dienone is 2. The van der Waals surface area contributed by atoms with Gasteiger partial charge in [-0.05, 0) is 38.1 Å². The Morgan fingerprint density at radius 2 is 1.11 bits per heavy atom. The molecule has 2 aliphatic heterocycles. The van der Waals surface area contributed by atoms with E-state index in [2.05, 4.69) is 10.6 Å². The molecular formula is C20H18N2NiO2S2. The fourth-order valence-electron chi connectivity index (χ4n) is 2.37. The molecule has 0 unspecified atom stereocenters. The largest absolute Gasteiger partial charge is 0.349 e. The maximum Gasteiger partial charge on any atom is 0.155 e. The molecule has 0 atom stereocenters. The van der Waals surface area contributed by atoms with Crippen molar-refractivity contribution in [1.82, 2.24) is 0 Å². The van der Waals surface area contributed by atoms with Crippen LogP contribution in [0.25, 0.3) is 0 Å². The van der Waals surface area contributed by atoms with E-state index in [1.807, 2.05) is 48.5 Å². The molecule has 2 heterocycles. The molecule has 0 spiro atoms. The van der Waals surface area contributed by atoms with Crippen molar-refractivity contribution in [3.05, 3.63) is 70.7 Å². The van der Waals surface area contributed by atoms with Crippen LogP contribution >= 0.6 is 23.5 Å². The Morgan fingerprint density at radius 1 is 0.741 bits per heavy atom. The molecule has 0 saturated carbocycles. The summed E-state index contributed by atoms with van der Waals surface area (Å²) >= 11 is 3.19. The van der Waals surface area contributed by atoms with Gasteiger partial charge in [0.2, 0.25) is 0 Å². The van der Waals surface area contributed by atoms with Gasteiger partial charge in [-0.3, -0.25) is 9.59 Å². The topological polar surface area (TPSA) is 58.2 Å². The number of anilines is 2. The van der Waals surface area contributed by atoms with Crippen LogP contribution in [0.2, 0.25) is 0 Å². The summed E-state index contributed by atoms with van der Waals surface area (Å²) in [6.07, 6.45) is 3.23. The Bertz CT molecular complexity index is 796. The Kier molecular flexibility index (Phi) is 7.78. The van der Waals surface area contributed by atoms with Crippen LogP contribution in [0.1, 0.15) is 13.8 Å². The number of hydrogen-bond acceptors (Lipinski definition) is 6. The number of benzene rings is 2. The first-order chi connectivity index (χ1) is 12.5. The van der Waals surface area contributed by atoms with Crippen molar-refractivity contribution in [2.45, 2.75) is 23.6 Å². The van der Waals surface area contributed by atoms with Crippen LogP contribution < -0.4 is 10.6 Å². The number of para-hydroxylation sites is 2. The Hall–Kier alpha value is -1.95. The van der Waals surface area contributed by atoms with Crippen LogP contribution in [0.15, 0.2) is 80.5 Å². The number of carbonyl (C=O) groups is 2. The number of ketones is 2. The second kappa shape index (κ2) is 9.83. The van der Waals surface area contributed by atoms with Crippen molar-refractivity contribution < 1.29 is 26.1 Å².